The summed E-state index contributed by atoms with van der Waals surface area (Å²) in [5.41, 5.74) is 0.405. The van der Waals surface area contributed by atoms with Gasteiger partial charge in [0.05, 0.1) is 12.8 Å². The van der Waals surface area contributed by atoms with Crippen molar-refractivity contribution >= 4 is 5.96 Å². The van der Waals surface area contributed by atoms with Crippen LogP contribution in [0.25, 0.3) is 0 Å². The lowest BCUT2D eigenvalue weighted by Crippen LogP contribution is -2.39. The highest BCUT2D eigenvalue weighted by Gasteiger charge is 2.46. The largest absolute Gasteiger partial charge is 0.467 e. The summed E-state index contributed by atoms with van der Waals surface area (Å²) in [5.74, 6) is 1.75. The molecule has 16 heavy (non-hydrogen) atoms. The van der Waals surface area contributed by atoms with Crippen LogP contribution in [0, 0.1) is 5.41 Å². The van der Waals surface area contributed by atoms with Gasteiger partial charge in [-0.2, -0.15) is 0 Å². The minimum absolute atomic E-state index is 0.405. The van der Waals surface area contributed by atoms with Gasteiger partial charge in [-0.25, -0.2) is 0 Å². The van der Waals surface area contributed by atoms with E-state index in [1.807, 2.05) is 12.1 Å². The van der Waals surface area contributed by atoms with Gasteiger partial charge < -0.3 is 15.1 Å². The number of nitrogens with one attached hydrogen (secondary N) is 2. The van der Waals surface area contributed by atoms with Gasteiger partial charge >= 0.3 is 0 Å². The van der Waals surface area contributed by atoms with E-state index in [4.69, 9.17) is 4.42 Å². The summed E-state index contributed by atoms with van der Waals surface area (Å²) in [6.45, 7) is 5.18. The Labute approximate surface area is 96.1 Å². The molecular formula is C12H19N3O. The van der Waals surface area contributed by atoms with E-state index in [2.05, 4.69) is 29.5 Å². The molecule has 0 saturated heterocycles. The first-order chi connectivity index (χ1) is 7.62. The van der Waals surface area contributed by atoms with E-state index in [1.54, 1.807) is 13.3 Å². The molecule has 1 unspecified atom stereocenters. The van der Waals surface area contributed by atoms with Gasteiger partial charge in [0.2, 0.25) is 0 Å². The Balaban J connectivity index is 1.79. The molecule has 2 rings (SSSR count). The zero-order chi connectivity index (χ0) is 11.6. The minimum Gasteiger partial charge on any atom is -0.467 e. The number of nitrogens with zero attached hydrogens (tertiary/aromatic N) is 1. The summed E-state index contributed by atoms with van der Waals surface area (Å²) in [6.07, 6.45) is 2.88. The molecule has 1 atom stereocenters. The maximum atomic E-state index is 5.24. The summed E-state index contributed by atoms with van der Waals surface area (Å²) in [4.78, 5) is 4.19. The lowest BCUT2D eigenvalue weighted by molar-refractivity contribution is 0.500. The average Bonchev–Trinajstić information content (AvgIpc) is 2.71. The van der Waals surface area contributed by atoms with Crippen LogP contribution < -0.4 is 10.6 Å². The molecule has 0 bridgehead atoms. The van der Waals surface area contributed by atoms with Gasteiger partial charge in [-0.15, -0.1) is 0 Å². The lowest BCUT2D eigenvalue weighted by atomic mass is 10.2. The highest BCUT2D eigenvalue weighted by molar-refractivity contribution is 5.80. The topological polar surface area (TPSA) is 49.6 Å². The fraction of sp³-hybridized carbons (Fsp3) is 0.583. The molecule has 0 aliphatic heterocycles. The number of furan rings is 1. The predicted octanol–water partition coefficient (Wildman–Crippen LogP) is 1.74. The van der Waals surface area contributed by atoms with Crippen molar-refractivity contribution in [3.63, 3.8) is 0 Å². The molecule has 4 nitrogen and oxygen atoms in total. The molecule has 1 aromatic heterocycles. The Morgan fingerprint density at radius 1 is 1.62 bits per heavy atom. The molecule has 0 radical (unpaired) electrons. The molecular weight excluding hydrogens is 202 g/mol. The zero-order valence-corrected chi connectivity index (χ0v) is 10.1. The third-order valence-electron chi connectivity index (χ3n) is 3.06. The monoisotopic (exact) mass is 221 g/mol. The Kier molecular flexibility index (Phi) is 2.90. The number of guanidine groups is 1. The normalized spacial score (nSPS) is 22.9. The molecule has 1 heterocycles. The molecule has 88 valence electrons. The molecule has 1 aromatic rings. The van der Waals surface area contributed by atoms with Crippen molar-refractivity contribution < 1.29 is 4.42 Å². The minimum atomic E-state index is 0.405. The van der Waals surface area contributed by atoms with Gasteiger partial charge in [0.1, 0.15) is 5.76 Å². The van der Waals surface area contributed by atoms with E-state index in [-0.39, 0.29) is 0 Å². The molecule has 0 amide bonds. The van der Waals surface area contributed by atoms with Crippen molar-refractivity contribution in [2.24, 2.45) is 10.4 Å². The van der Waals surface area contributed by atoms with Crippen molar-refractivity contribution in [3.8, 4) is 0 Å². The molecule has 0 aromatic carbocycles. The Morgan fingerprint density at radius 3 is 2.88 bits per heavy atom. The number of hydrogen-bond donors (Lipinski definition) is 2. The van der Waals surface area contributed by atoms with Crippen LogP contribution in [0.3, 0.4) is 0 Å². The van der Waals surface area contributed by atoms with Crippen molar-refractivity contribution in [3.05, 3.63) is 24.2 Å². The summed E-state index contributed by atoms with van der Waals surface area (Å²) in [6, 6.07) is 4.37. The SMILES string of the molecule is CN=C(NCc1ccco1)NC1CC1(C)C. The van der Waals surface area contributed by atoms with Crippen LogP contribution in [0.15, 0.2) is 27.8 Å². The molecule has 0 spiro atoms. The van der Waals surface area contributed by atoms with Crippen molar-refractivity contribution in [1.82, 2.24) is 10.6 Å². The second kappa shape index (κ2) is 4.20. The van der Waals surface area contributed by atoms with E-state index in [1.165, 1.54) is 6.42 Å². The first-order valence-electron chi connectivity index (χ1n) is 5.61. The quantitative estimate of drug-likeness (QED) is 0.604. The standard InChI is InChI=1S/C12H19N3O/c1-12(2)7-10(12)15-11(13-3)14-8-9-5-4-6-16-9/h4-6,10H,7-8H2,1-3H3,(H2,13,14,15). The maximum absolute atomic E-state index is 5.24. The lowest BCUT2D eigenvalue weighted by Gasteiger charge is -2.12. The Hall–Kier alpha value is -1.45. The fourth-order valence-electron chi connectivity index (χ4n) is 1.66. The van der Waals surface area contributed by atoms with Gasteiger partial charge in [0.15, 0.2) is 5.96 Å². The summed E-state index contributed by atoms with van der Waals surface area (Å²) in [5, 5.41) is 6.62. The van der Waals surface area contributed by atoms with Crippen LogP contribution in [-0.4, -0.2) is 19.0 Å². The van der Waals surface area contributed by atoms with Crippen molar-refractivity contribution in [1.29, 1.82) is 0 Å². The maximum Gasteiger partial charge on any atom is 0.191 e. The van der Waals surface area contributed by atoms with Crippen molar-refractivity contribution in [2.45, 2.75) is 32.9 Å². The number of hydrogen-bond acceptors (Lipinski definition) is 2. The summed E-state index contributed by atoms with van der Waals surface area (Å²) >= 11 is 0. The summed E-state index contributed by atoms with van der Waals surface area (Å²) < 4.78 is 5.24. The van der Waals surface area contributed by atoms with Gasteiger partial charge in [0, 0.05) is 13.1 Å². The fourth-order valence-corrected chi connectivity index (χ4v) is 1.66. The molecule has 1 saturated carbocycles. The summed E-state index contributed by atoms with van der Waals surface area (Å²) in [7, 11) is 1.78. The molecule has 4 heteroatoms. The highest BCUT2D eigenvalue weighted by Crippen LogP contribution is 2.44. The van der Waals surface area contributed by atoms with Gasteiger partial charge in [-0.3, -0.25) is 4.99 Å². The van der Waals surface area contributed by atoms with E-state index >= 15 is 0 Å². The average molecular weight is 221 g/mol. The molecule has 1 fully saturated rings. The van der Waals surface area contributed by atoms with Crippen LogP contribution in [0.2, 0.25) is 0 Å². The third-order valence-corrected chi connectivity index (χ3v) is 3.06. The van der Waals surface area contributed by atoms with Crippen molar-refractivity contribution in [2.75, 3.05) is 7.05 Å². The first kappa shape index (κ1) is 11.0. The molecule has 2 N–H and O–H groups in total. The highest BCUT2D eigenvalue weighted by atomic mass is 16.3. The first-order valence-corrected chi connectivity index (χ1v) is 5.61. The molecule has 1 aliphatic carbocycles. The van der Waals surface area contributed by atoms with Crippen LogP contribution in [0.4, 0.5) is 0 Å². The predicted molar refractivity (Wildman–Crippen MR) is 64.2 cm³/mol. The van der Waals surface area contributed by atoms with Gasteiger partial charge in [0.25, 0.3) is 0 Å². The van der Waals surface area contributed by atoms with Crippen LogP contribution in [0.5, 0.6) is 0 Å². The van der Waals surface area contributed by atoms with Gasteiger partial charge in [-0.05, 0) is 24.0 Å². The number of aliphatic imine (C=N–C) groups is 1. The zero-order valence-electron chi connectivity index (χ0n) is 10.1. The van der Waals surface area contributed by atoms with Crippen LogP contribution in [-0.2, 0) is 6.54 Å². The second-order valence-corrected chi connectivity index (χ2v) is 4.89. The third kappa shape index (κ3) is 2.56. The van der Waals surface area contributed by atoms with E-state index < -0.39 is 0 Å². The Morgan fingerprint density at radius 2 is 2.38 bits per heavy atom. The molecule has 1 aliphatic rings. The van der Waals surface area contributed by atoms with E-state index in [0.717, 1.165) is 11.7 Å². The Bertz CT molecular complexity index is 368. The van der Waals surface area contributed by atoms with Crippen LogP contribution >= 0.6 is 0 Å². The number of rotatable bonds is 3. The van der Waals surface area contributed by atoms with Crippen LogP contribution in [0.1, 0.15) is 26.0 Å². The van der Waals surface area contributed by atoms with E-state index in [0.29, 0.717) is 18.0 Å². The second-order valence-electron chi connectivity index (χ2n) is 4.89. The van der Waals surface area contributed by atoms with E-state index in [9.17, 15) is 0 Å². The van der Waals surface area contributed by atoms with Gasteiger partial charge in [-0.1, -0.05) is 13.8 Å². The smallest absolute Gasteiger partial charge is 0.191 e.